The highest BCUT2D eigenvalue weighted by Crippen LogP contribution is 2.60. The van der Waals surface area contributed by atoms with Crippen molar-refractivity contribution in [2.24, 2.45) is 23.2 Å². The second kappa shape index (κ2) is 12.0. The summed E-state index contributed by atoms with van der Waals surface area (Å²) in [6, 6.07) is 0. The topological polar surface area (TPSA) is 101 Å². The third-order valence-corrected chi connectivity index (χ3v) is 9.86. The van der Waals surface area contributed by atoms with E-state index < -0.39 is 29.5 Å². The zero-order chi connectivity index (χ0) is 27.6. The van der Waals surface area contributed by atoms with E-state index in [1.807, 2.05) is 13.8 Å². The molecule has 3 rings (SSSR count). The normalized spacial score (nSPS) is 35.1. The number of fused-ring (bicyclic) bond motifs is 1. The molecule has 212 valence electrons. The Labute approximate surface area is 225 Å². The monoisotopic (exact) mass is 518 g/mol. The lowest BCUT2D eigenvalue weighted by Crippen LogP contribution is -2.39. The zero-order valence-corrected chi connectivity index (χ0v) is 24.0. The second-order valence-corrected chi connectivity index (χ2v) is 13.9. The van der Waals surface area contributed by atoms with E-state index in [9.17, 15) is 25.5 Å². The number of allylic oxidation sites excluding steroid dienone is 3. The predicted octanol–water partition coefficient (Wildman–Crippen LogP) is 5.60. The summed E-state index contributed by atoms with van der Waals surface area (Å²) in [6.45, 7) is 13.7. The molecule has 3 fully saturated rings. The first-order valence-electron chi connectivity index (χ1n) is 14.7. The fourth-order valence-electron chi connectivity index (χ4n) is 7.59. The highest BCUT2D eigenvalue weighted by Gasteiger charge is 2.51. The summed E-state index contributed by atoms with van der Waals surface area (Å²) in [5.41, 5.74) is 1.62. The zero-order valence-electron chi connectivity index (χ0n) is 24.0. The van der Waals surface area contributed by atoms with Gasteiger partial charge in [0, 0.05) is 6.42 Å². The van der Waals surface area contributed by atoms with Gasteiger partial charge in [-0.3, -0.25) is 0 Å². The minimum Gasteiger partial charge on any atom is -0.393 e. The highest BCUT2D eigenvalue weighted by molar-refractivity contribution is 5.38. The van der Waals surface area contributed by atoms with Crippen LogP contribution in [0.4, 0.5) is 0 Å². The van der Waals surface area contributed by atoms with E-state index in [2.05, 4.69) is 25.7 Å². The molecule has 0 radical (unpaired) electrons. The van der Waals surface area contributed by atoms with Gasteiger partial charge in [0.25, 0.3) is 0 Å². The fourth-order valence-corrected chi connectivity index (χ4v) is 7.59. The first-order valence-corrected chi connectivity index (χ1v) is 14.7. The van der Waals surface area contributed by atoms with Crippen LogP contribution in [0.5, 0.6) is 0 Å². The van der Waals surface area contributed by atoms with Gasteiger partial charge in [-0.05, 0) is 120 Å². The summed E-state index contributed by atoms with van der Waals surface area (Å²) in [5, 5.41) is 51.5. The molecule has 0 bridgehead atoms. The van der Waals surface area contributed by atoms with Gasteiger partial charge in [0.2, 0.25) is 0 Å². The molecule has 0 aliphatic heterocycles. The van der Waals surface area contributed by atoms with Gasteiger partial charge in [-0.2, -0.15) is 0 Å². The van der Waals surface area contributed by atoms with Crippen molar-refractivity contribution in [2.75, 3.05) is 0 Å². The molecule has 0 aromatic heterocycles. The third kappa shape index (κ3) is 7.79. The molecular formula is C32H54O5. The minimum absolute atomic E-state index is 0.199. The number of hydrogen-bond donors (Lipinski definition) is 5. The summed E-state index contributed by atoms with van der Waals surface area (Å²) in [5.74, 6) is 1.53. The van der Waals surface area contributed by atoms with Gasteiger partial charge in [0.1, 0.15) is 0 Å². The standard InChI is InChI=1S/C32H54O5/c1-21-24(19-25(33)20-28(21)34)12-11-22-10-8-18-32(6)26(22)14-15-27(32)23(9-7-17-30(2,3)36)13-16-29(35)31(4,5)37/h11-12,23,25-29,33-37H,1,7-10,13-20H2,2-6H3/t23-,25+,26?,27+,28-,29+,32-/m0/s1. The van der Waals surface area contributed by atoms with Gasteiger partial charge in [-0.15, -0.1) is 0 Å². The van der Waals surface area contributed by atoms with Gasteiger partial charge in [-0.1, -0.05) is 44.1 Å². The fraction of sp³-hybridized carbons (Fsp3) is 0.812. The lowest BCUT2D eigenvalue weighted by molar-refractivity contribution is -0.0563. The lowest BCUT2D eigenvalue weighted by Gasteiger charge is -2.45. The molecule has 37 heavy (non-hydrogen) atoms. The van der Waals surface area contributed by atoms with Crippen molar-refractivity contribution < 1.29 is 25.5 Å². The van der Waals surface area contributed by atoms with E-state index in [4.69, 9.17) is 0 Å². The molecule has 5 N–H and O–H groups in total. The molecule has 3 aliphatic carbocycles. The van der Waals surface area contributed by atoms with E-state index >= 15 is 0 Å². The molecule has 0 heterocycles. The van der Waals surface area contributed by atoms with E-state index in [-0.39, 0.29) is 5.41 Å². The average Bonchev–Trinajstić information content (AvgIpc) is 3.13. The molecule has 5 nitrogen and oxygen atoms in total. The summed E-state index contributed by atoms with van der Waals surface area (Å²) < 4.78 is 0. The van der Waals surface area contributed by atoms with Crippen LogP contribution in [0.15, 0.2) is 35.5 Å². The van der Waals surface area contributed by atoms with Gasteiger partial charge in [-0.25, -0.2) is 0 Å². The van der Waals surface area contributed by atoms with Crippen molar-refractivity contribution in [3.63, 3.8) is 0 Å². The number of hydrogen-bond acceptors (Lipinski definition) is 5. The maximum Gasteiger partial charge on any atom is 0.0849 e. The average molecular weight is 519 g/mol. The number of aliphatic hydroxyl groups is 5. The van der Waals surface area contributed by atoms with E-state index in [0.29, 0.717) is 37.0 Å². The van der Waals surface area contributed by atoms with Crippen LogP contribution in [0, 0.1) is 23.2 Å². The van der Waals surface area contributed by atoms with Crippen LogP contribution in [-0.2, 0) is 0 Å². The maximum atomic E-state index is 10.6. The van der Waals surface area contributed by atoms with Crippen LogP contribution in [0.25, 0.3) is 0 Å². The molecular weight excluding hydrogens is 464 g/mol. The smallest absolute Gasteiger partial charge is 0.0849 e. The Morgan fingerprint density at radius 1 is 1.05 bits per heavy atom. The van der Waals surface area contributed by atoms with Crippen molar-refractivity contribution in [2.45, 2.75) is 141 Å². The molecule has 3 aliphatic rings. The van der Waals surface area contributed by atoms with Crippen LogP contribution >= 0.6 is 0 Å². The van der Waals surface area contributed by atoms with Crippen LogP contribution in [0.1, 0.15) is 112 Å². The molecule has 0 aromatic rings. The Balaban J connectivity index is 1.79. The summed E-state index contributed by atoms with van der Waals surface area (Å²) in [6.07, 6.45) is 13.4. The van der Waals surface area contributed by atoms with Crippen LogP contribution in [-0.4, -0.2) is 55.0 Å². The molecule has 0 aromatic carbocycles. The van der Waals surface area contributed by atoms with E-state index in [1.54, 1.807) is 13.8 Å². The second-order valence-electron chi connectivity index (χ2n) is 13.9. The molecule has 7 atom stereocenters. The largest absolute Gasteiger partial charge is 0.393 e. The molecule has 0 amide bonds. The van der Waals surface area contributed by atoms with E-state index in [1.165, 1.54) is 24.8 Å². The number of rotatable bonds is 10. The number of aliphatic hydroxyl groups excluding tert-OH is 3. The van der Waals surface area contributed by atoms with Crippen LogP contribution in [0.3, 0.4) is 0 Å². The van der Waals surface area contributed by atoms with Crippen molar-refractivity contribution in [1.29, 1.82) is 0 Å². The quantitative estimate of drug-likeness (QED) is 0.259. The van der Waals surface area contributed by atoms with Gasteiger partial charge < -0.3 is 25.5 Å². The Kier molecular flexibility index (Phi) is 9.94. The van der Waals surface area contributed by atoms with Crippen LogP contribution < -0.4 is 0 Å². The van der Waals surface area contributed by atoms with Crippen molar-refractivity contribution in [1.82, 2.24) is 0 Å². The molecule has 0 saturated heterocycles. The van der Waals surface area contributed by atoms with Gasteiger partial charge in [0.05, 0.1) is 29.5 Å². The molecule has 1 unspecified atom stereocenters. The summed E-state index contributed by atoms with van der Waals surface area (Å²) >= 11 is 0. The first kappa shape index (κ1) is 30.6. The van der Waals surface area contributed by atoms with Crippen molar-refractivity contribution >= 4 is 0 Å². The van der Waals surface area contributed by atoms with Crippen molar-refractivity contribution in [3.05, 3.63) is 35.5 Å². The molecule has 5 heteroatoms. The van der Waals surface area contributed by atoms with Gasteiger partial charge >= 0.3 is 0 Å². The summed E-state index contributed by atoms with van der Waals surface area (Å²) in [7, 11) is 0. The van der Waals surface area contributed by atoms with E-state index in [0.717, 1.165) is 49.7 Å². The first-order chi connectivity index (χ1) is 17.1. The Hall–Kier alpha value is -0.980. The maximum absolute atomic E-state index is 10.6. The summed E-state index contributed by atoms with van der Waals surface area (Å²) in [4.78, 5) is 0. The highest BCUT2D eigenvalue weighted by atomic mass is 16.3. The Morgan fingerprint density at radius 3 is 2.41 bits per heavy atom. The van der Waals surface area contributed by atoms with Crippen LogP contribution in [0.2, 0.25) is 0 Å². The van der Waals surface area contributed by atoms with Crippen molar-refractivity contribution in [3.8, 4) is 0 Å². The molecule has 3 saturated carbocycles. The Morgan fingerprint density at radius 2 is 1.76 bits per heavy atom. The SMILES string of the molecule is C=C1C(=CC=C2CCC[C@@]3(C)C2CC[C@@H]3[C@@H](CCCC(C)(C)O)CC[C@@H](O)C(C)(C)O)C[C@@H](O)C[C@@H]1O. The van der Waals surface area contributed by atoms with Gasteiger partial charge in [0.15, 0.2) is 0 Å². The molecule has 0 spiro atoms. The lowest BCUT2D eigenvalue weighted by atomic mass is 9.60. The predicted molar refractivity (Wildman–Crippen MR) is 150 cm³/mol. The Bertz CT molecular complexity index is 844. The third-order valence-electron chi connectivity index (χ3n) is 9.86. The minimum atomic E-state index is -1.10.